The van der Waals surface area contributed by atoms with Gasteiger partial charge >= 0.3 is 6.01 Å². The number of piperidine rings is 1. The highest BCUT2D eigenvalue weighted by molar-refractivity contribution is 5.27. The molecule has 0 amide bonds. The van der Waals surface area contributed by atoms with Gasteiger partial charge in [0.1, 0.15) is 0 Å². The second-order valence-corrected chi connectivity index (χ2v) is 4.90. The van der Waals surface area contributed by atoms with E-state index >= 15 is 0 Å². The molecule has 2 rings (SSSR count). The van der Waals surface area contributed by atoms with Crippen molar-refractivity contribution in [3.05, 3.63) is 5.89 Å². The topological polar surface area (TPSA) is 63.4 Å². The normalized spacial score (nSPS) is 19.9. The number of hydrogen-bond acceptors (Lipinski definition) is 6. The van der Waals surface area contributed by atoms with Gasteiger partial charge in [0.25, 0.3) is 0 Å². The molecule has 1 N–H and O–H groups in total. The summed E-state index contributed by atoms with van der Waals surface area (Å²) in [7, 11) is 1.69. The fraction of sp³-hybridized carbons (Fsp3) is 0.846. The van der Waals surface area contributed by atoms with Gasteiger partial charge < -0.3 is 19.4 Å². The number of anilines is 1. The van der Waals surface area contributed by atoms with Gasteiger partial charge in [-0.1, -0.05) is 12.0 Å². The highest BCUT2D eigenvalue weighted by atomic mass is 16.5. The number of nitrogens with one attached hydrogen (secondary N) is 1. The van der Waals surface area contributed by atoms with E-state index in [1.54, 1.807) is 7.11 Å². The maximum atomic E-state index is 5.74. The Balaban J connectivity index is 1.88. The third-order valence-corrected chi connectivity index (χ3v) is 3.56. The fourth-order valence-electron chi connectivity index (χ4n) is 2.48. The van der Waals surface area contributed by atoms with Crippen LogP contribution in [0.2, 0.25) is 0 Å². The van der Waals surface area contributed by atoms with E-state index in [1.165, 1.54) is 19.3 Å². The monoisotopic (exact) mass is 268 g/mol. The highest BCUT2D eigenvalue weighted by Gasteiger charge is 2.25. The van der Waals surface area contributed by atoms with E-state index in [2.05, 4.69) is 27.3 Å². The smallest absolute Gasteiger partial charge is 0.318 e. The van der Waals surface area contributed by atoms with E-state index in [4.69, 9.17) is 9.15 Å². The fourth-order valence-corrected chi connectivity index (χ4v) is 2.48. The van der Waals surface area contributed by atoms with E-state index in [0.29, 0.717) is 31.1 Å². The summed E-state index contributed by atoms with van der Waals surface area (Å²) in [6, 6.07) is 1.22. The molecular weight excluding hydrogens is 244 g/mol. The molecule has 0 aliphatic carbocycles. The molecule has 0 aromatic carbocycles. The molecule has 1 atom stereocenters. The maximum absolute atomic E-state index is 5.74. The quantitative estimate of drug-likeness (QED) is 0.757. The summed E-state index contributed by atoms with van der Waals surface area (Å²) in [5.74, 6) is 0.645. The molecule has 0 saturated carbocycles. The molecule has 1 aromatic heterocycles. The van der Waals surface area contributed by atoms with Gasteiger partial charge in [-0.25, -0.2) is 0 Å². The first-order valence-electron chi connectivity index (χ1n) is 7.13. The van der Waals surface area contributed by atoms with Crippen LogP contribution < -0.4 is 10.2 Å². The maximum Gasteiger partial charge on any atom is 0.318 e. The molecule has 1 aliphatic heterocycles. The Morgan fingerprint density at radius 3 is 3.11 bits per heavy atom. The summed E-state index contributed by atoms with van der Waals surface area (Å²) in [5.41, 5.74) is 0. The minimum Gasteiger partial charge on any atom is -0.407 e. The Kier molecular flexibility index (Phi) is 5.60. The lowest BCUT2D eigenvalue weighted by atomic mass is 10.0. The van der Waals surface area contributed by atoms with E-state index < -0.39 is 0 Å². The summed E-state index contributed by atoms with van der Waals surface area (Å²) >= 11 is 0. The van der Waals surface area contributed by atoms with Gasteiger partial charge in [-0.05, 0) is 25.7 Å². The number of nitrogens with zero attached hydrogens (tertiary/aromatic N) is 3. The number of hydrogen-bond donors (Lipinski definition) is 1. The second-order valence-electron chi connectivity index (χ2n) is 4.90. The lowest BCUT2D eigenvalue weighted by molar-refractivity contribution is 0.198. The van der Waals surface area contributed by atoms with Crippen molar-refractivity contribution in [3.8, 4) is 0 Å². The van der Waals surface area contributed by atoms with E-state index in [0.717, 1.165) is 19.5 Å². The Morgan fingerprint density at radius 2 is 2.32 bits per heavy atom. The molecule has 0 bridgehead atoms. The number of aromatic nitrogens is 2. The summed E-state index contributed by atoms with van der Waals surface area (Å²) < 4.78 is 10.7. The average molecular weight is 268 g/mol. The first-order chi connectivity index (χ1) is 9.35. The van der Waals surface area contributed by atoms with Crippen molar-refractivity contribution in [1.82, 2.24) is 15.5 Å². The van der Waals surface area contributed by atoms with Crippen molar-refractivity contribution in [2.45, 2.75) is 45.2 Å². The lowest BCUT2D eigenvalue weighted by Crippen LogP contribution is -2.39. The summed E-state index contributed by atoms with van der Waals surface area (Å²) in [6.07, 6.45) is 4.86. The molecule has 2 heterocycles. The van der Waals surface area contributed by atoms with Crippen LogP contribution in [0, 0.1) is 0 Å². The van der Waals surface area contributed by atoms with Gasteiger partial charge in [0.15, 0.2) is 0 Å². The zero-order chi connectivity index (χ0) is 13.5. The average Bonchev–Trinajstić information content (AvgIpc) is 2.92. The number of rotatable bonds is 7. The molecule has 6 heteroatoms. The van der Waals surface area contributed by atoms with Crippen molar-refractivity contribution in [2.24, 2.45) is 0 Å². The standard InChI is InChI=1S/C13H24N4O2/c1-3-11-6-4-5-8-17(11)13-16-15-12(19-13)10-14-7-9-18-2/h11,14H,3-10H2,1-2H3. The van der Waals surface area contributed by atoms with Crippen LogP contribution in [0.15, 0.2) is 4.42 Å². The van der Waals surface area contributed by atoms with Gasteiger partial charge in [-0.2, -0.15) is 0 Å². The molecule has 108 valence electrons. The van der Waals surface area contributed by atoms with Crippen LogP contribution in [-0.4, -0.2) is 43.0 Å². The van der Waals surface area contributed by atoms with Crippen LogP contribution in [0.25, 0.3) is 0 Å². The largest absolute Gasteiger partial charge is 0.407 e. The Bertz CT molecular complexity index is 369. The number of methoxy groups -OCH3 is 1. The molecule has 0 spiro atoms. The summed E-state index contributed by atoms with van der Waals surface area (Å²) in [4.78, 5) is 2.26. The second kappa shape index (κ2) is 7.45. The molecule has 19 heavy (non-hydrogen) atoms. The molecular formula is C13H24N4O2. The lowest BCUT2D eigenvalue weighted by Gasteiger charge is -2.33. The Hall–Kier alpha value is -1.14. The predicted octanol–water partition coefficient (Wildman–Crippen LogP) is 1.57. The third-order valence-electron chi connectivity index (χ3n) is 3.56. The first kappa shape index (κ1) is 14.3. The van der Waals surface area contributed by atoms with Gasteiger partial charge in [0, 0.05) is 26.2 Å². The van der Waals surface area contributed by atoms with Crippen molar-refractivity contribution in [3.63, 3.8) is 0 Å². The molecule has 1 aromatic rings. The van der Waals surface area contributed by atoms with Crippen LogP contribution >= 0.6 is 0 Å². The van der Waals surface area contributed by atoms with E-state index in [-0.39, 0.29) is 0 Å². The molecule has 1 fully saturated rings. The van der Waals surface area contributed by atoms with Crippen LogP contribution in [-0.2, 0) is 11.3 Å². The predicted molar refractivity (Wildman–Crippen MR) is 73.2 cm³/mol. The zero-order valence-corrected chi connectivity index (χ0v) is 11.9. The zero-order valence-electron chi connectivity index (χ0n) is 11.9. The van der Waals surface area contributed by atoms with Crippen LogP contribution in [0.5, 0.6) is 0 Å². The molecule has 0 radical (unpaired) electrons. The molecule has 1 unspecified atom stereocenters. The minimum atomic E-state index is 0.545. The minimum absolute atomic E-state index is 0.545. The SMILES string of the molecule is CCC1CCCCN1c1nnc(CNCCOC)o1. The van der Waals surface area contributed by atoms with Gasteiger partial charge in [-0.3, -0.25) is 0 Å². The van der Waals surface area contributed by atoms with Crippen molar-refractivity contribution < 1.29 is 9.15 Å². The van der Waals surface area contributed by atoms with Crippen molar-refractivity contribution >= 4 is 6.01 Å². The third kappa shape index (κ3) is 3.91. The summed E-state index contributed by atoms with van der Waals surface area (Å²) in [5, 5.41) is 11.5. The van der Waals surface area contributed by atoms with Crippen molar-refractivity contribution in [2.75, 3.05) is 31.7 Å². The van der Waals surface area contributed by atoms with E-state index in [9.17, 15) is 0 Å². The number of ether oxygens (including phenoxy) is 1. The van der Waals surface area contributed by atoms with Gasteiger partial charge in [-0.15, -0.1) is 5.10 Å². The van der Waals surface area contributed by atoms with Crippen LogP contribution in [0.4, 0.5) is 6.01 Å². The van der Waals surface area contributed by atoms with Gasteiger partial charge in [0.2, 0.25) is 5.89 Å². The van der Waals surface area contributed by atoms with E-state index in [1.807, 2.05) is 0 Å². The molecule has 1 aliphatic rings. The Labute approximate surface area is 114 Å². The molecule has 1 saturated heterocycles. The summed E-state index contributed by atoms with van der Waals surface area (Å²) in [6.45, 7) is 5.31. The highest BCUT2D eigenvalue weighted by Crippen LogP contribution is 2.25. The van der Waals surface area contributed by atoms with Gasteiger partial charge in [0.05, 0.1) is 13.2 Å². The van der Waals surface area contributed by atoms with Crippen molar-refractivity contribution in [1.29, 1.82) is 0 Å². The first-order valence-corrected chi connectivity index (χ1v) is 7.13. The Morgan fingerprint density at radius 1 is 1.42 bits per heavy atom. The molecule has 6 nitrogen and oxygen atoms in total. The van der Waals surface area contributed by atoms with Crippen LogP contribution in [0.1, 0.15) is 38.5 Å². The van der Waals surface area contributed by atoms with Crippen LogP contribution in [0.3, 0.4) is 0 Å².